The van der Waals surface area contributed by atoms with Gasteiger partial charge in [0.25, 0.3) is 0 Å². The number of carbonyl (C=O) groups excluding carboxylic acids is 2. The molecule has 0 unspecified atom stereocenters. The zero-order valence-corrected chi connectivity index (χ0v) is 80.1. The average Bonchev–Trinajstić information content (AvgIpc) is 0.808. The summed E-state index contributed by atoms with van der Waals surface area (Å²) in [5, 5.41) is 3.54. The van der Waals surface area contributed by atoms with Crippen LogP contribution in [0.5, 0.6) is 0 Å². The van der Waals surface area contributed by atoms with Crippen LogP contribution in [0.15, 0.2) is 279 Å². The van der Waals surface area contributed by atoms with Gasteiger partial charge in [0.1, 0.15) is 11.5 Å². The monoisotopic (exact) mass is 1770 g/mol. The standard InChI is InChI=1S/C18H24N2O2S.C18H22N2O.C16H14FN.C16H18N2O.C15H14N2.C14H14ClN.C14H16N2/c1-4-5-13-20-23(21,22)16-10-8-15(9-11-16)17-7-6-12-19-18(17)14(2)3;1-12(2)18-15(7-6-10-19-18)14-8-9-17(20(4)5)16(11-14)13(3)21;1-4-12-10-13(7-8-15(12)17)14-6-5-9-18-16(14)11(2)3;1-11(2)16-15(5-4-10-17-16)13-6-8-14(9-7-13)18-12(3)19;1-4-13-10-12(7-9-16-13)14-6-5-8-17-15(14)11(2)3;1-10(2)14-12(7-5-9-16-14)11-6-3-4-8-13(11)15;1-10(2)14-13(5-4-8-15-14)12-7-6-11(3)16-9-12/h6-12,14,20H,4-5,13H2,1-3H3;6-12H,1-5H3;1,5-11H,2-3H3;4-11H,1-3H3,(H,18,19);1,5-11H,2-3H3;3-10H,1-2H3;4-10H,1-3H3. The van der Waals surface area contributed by atoms with Gasteiger partial charge >= 0.3 is 0 Å². The minimum atomic E-state index is -3.42. The lowest BCUT2D eigenvalue weighted by Gasteiger charge is -2.18. The first-order valence-electron chi connectivity index (χ1n) is 44.0. The van der Waals surface area contributed by atoms with Gasteiger partial charge in [-0.05, 0) is 205 Å². The van der Waals surface area contributed by atoms with Crippen LogP contribution < -0.4 is 14.9 Å². The van der Waals surface area contributed by atoms with E-state index in [4.69, 9.17) is 24.4 Å². The number of Topliss-reactive ketones (excluding diaryl/α,β-unsaturated/α-hetero) is 1. The van der Waals surface area contributed by atoms with Crippen molar-refractivity contribution >= 4 is 44.7 Å². The number of benzene rings is 5. The Balaban J connectivity index is 0.000000188. The van der Waals surface area contributed by atoms with E-state index >= 15 is 0 Å². The molecule has 0 spiro atoms. The number of hydrogen-bond acceptors (Lipinski definition) is 14. The maximum atomic E-state index is 13.4. The minimum absolute atomic E-state index is 0.0583. The van der Waals surface area contributed by atoms with Crippen molar-refractivity contribution in [2.75, 3.05) is 30.9 Å². The second-order valence-corrected chi connectivity index (χ2v) is 35.6. The summed E-state index contributed by atoms with van der Waals surface area (Å²) in [6, 6.07) is 69.5. The van der Waals surface area contributed by atoms with Crippen molar-refractivity contribution in [1.82, 2.24) is 49.6 Å². The number of amides is 1. The van der Waals surface area contributed by atoms with Crippen LogP contribution >= 0.6 is 11.6 Å². The van der Waals surface area contributed by atoms with Gasteiger partial charge in [-0.25, -0.2) is 22.5 Å². The highest BCUT2D eigenvalue weighted by atomic mass is 35.5. The van der Waals surface area contributed by atoms with Gasteiger partial charge in [0.2, 0.25) is 15.9 Å². The van der Waals surface area contributed by atoms with Crippen LogP contribution in [0.25, 0.3) is 77.9 Å². The molecule has 130 heavy (non-hydrogen) atoms. The molecule has 0 saturated heterocycles. The number of nitrogens with one attached hydrogen (secondary N) is 2. The molecule has 14 rings (SSSR count). The molecule has 0 radical (unpaired) electrons. The number of halogens is 2. The van der Waals surface area contributed by atoms with Gasteiger partial charge in [-0.15, -0.1) is 12.8 Å². The van der Waals surface area contributed by atoms with Crippen LogP contribution in [0.2, 0.25) is 5.02 Å². The van der Waals surface area contributed by atoms with Gasteiger partial charge in [0.05, 0.1) is 50.3 Å². The Morgan fingerprint density at radius 1 is 0.415 bits per heavy atom. The molecule has 19 heteroatoms. The fraction of sp³-hybridized carbons (Fsp3) is 0.270. The molecule has 0 aliphatic carbocycles. The van der Waals surface area contributed by atoms with Crippen molar-refractivity contribution in [3.05, 3.63) is 347 Å². The molecule has 670 valence electrons. The summed E-state index contributed by atoms with van der Waals surface area (Å²) in [5.41, 5.74) is 27.0. The summed E-state index contributed by atoms with van der Waals surface area (Å²) >= 11 is 6.21. The van der Waals surface area contributed by atoms with Gasteiger partial charge in [-0.3, -0.25) is 49.5 Å². The van der Waals surface area contributed by atoms with Crippen LogP contribution in [-0.4, -0.2) is 85.6 Å². The smallest absolute Gasteiger partial charge is 0.240 e. The van der Waals surface area contributed by atoms with Crippen LogP contribution in [0.3, 0.4) is 0 Å². The maximum absolute atomic E-state index is 13.4. The molecule has 0 saturated carbocycles. The molecule has 0 aliphatic rings. The molecule has 9 aromatic heterocycles. The average molecular weight is 1770 g/mol. The van der Waals surface area contributed by atoms with Crippen molar-refractivity contribution in [1.29, 1.82) is 0 Å². The van der Waals surface area contributed by atoms with Crippen LogP contribution in [0.1, 0.15) is 239 Å². The Labute approximate surface area is 776 Å². The number of sulfonamides is 1. The van der Waals surface area contributed by atoms with E-state index in [1.807, 2.05) is 216 Å². The summed E-state index contributed by atoms with van der Waals surface area (Å²) < 4.78 is 40.4. The summed E-state index contributed by atoms with van der Waals surface area (Å²) in [4.78, 5) is 64.7. The topological polar surface area (TPSA) is 212 Å². The molecule has 9 heterocycles. The number of carbonyl (C=O) groups is 2. The third kappa shape index (κ3) is 29.3. The van der Waals surface area contributed by atoms with Gasteiger partial charge in [0.15, 0.2) is 5.78 Å². The number of ketones is 1. The molecule has 5 aromatic carbocycles. The van der Waals surface area contributed by atoms with Crippen LogP contribution in [0, 0.1) is 37.4 Å². The molecule has 0 atom stereocenters. The van der Waals surface area contributed by atoms with E-state index in [1.165, 1.54) is 18.6 Å². The Morgan fingerprint density at radius 3 is 1.17 bits per heavy atom. The van der Waals surface area contributed by atoms with Crippen LogP contribution in [-0.2, 0) is 14.8 Å². The Kier molecular flexibility index (Phi) is 39.6. The fourth-order valence-electron chi connectivity index (χ4n) is 14.2. The van der Waals surface area contributed by atoms with Gasteiger partial charge in [-0.1, -0.05) is 237 Å². The number of hydrogen-bond donors (Lipinski definition) is 2. The molecule has 0 bridgehead atoms. The van der Waals surface area contributed by atoms with E-state index in [1.54, 1.807) is 49.8 Å². The largest absolute Gasteiger partial charge is 0.377 e. The summed E-state index contributed by atoms with van der Waals surface area (Å²) in [6.45, 7) is 37.4. The normalized spacial score (nSPS) is 10.8. The number of terminal acetylenes is 2. The number of unbranched alkanes of at least 4 members (excludes halogenated alkanes) is 1. The van der Waals surface area contributed by atoms with E-state index in [9.17, 15) is 22.4 Å². The van der Waals surface area contributed by atoms with Crippen molar-refractivity contribution in [2.45, 2.75) is 184 Å². The molecular weight excluding hydrogens is 1650 g/mol. The molecular formula is C111H122ClFN12O4S. The molecule has 16 nitrogen and oxygen atoms in total. The zero-order valence-electron chi connectivity index (χ0n) is 78.6. The number of nitrogens with zero attached hydrogens (tertiary/aromatic N) is 10. The Bertz CT molecular complexity index is 6240. The SMILES string of the molecule is C#Cc1cc(-c2cccnc2C(C)C)ccc1F.C#Cc1cc(-c2cccnc2C(C)C)ccn1.CC(=O)Nc1ccc(-c2cccnc2C(C)C)cc1.CC(=O)c1cc(-c2cccnc2C(C)C)ccc1N(C)C.CC(C)c1ncccc1-c1ccccc1Cl.CCCCNS(=O)(=O)c1ccc(-c2cccnc2C(C)C)cc1.Cc1ccc(-c2cccnc2C(C)C)cn1. The third-order valence-corrected chi connectivity index (χ3v) is 22.5. The van der Waals surface area contributed by atoms with Gasteiger partial charge in [0, 0.05) is 161 Å². The number of aromatic nitrogens is 9. The molecule has 2 N–H and O–H groups in total. The van der Waals surface area contributed by atoms with Gasteiger partial charge < -0.3 is 10.2 Å². The van der Waals surface area contributed by atoms with E-state index < -0.39 is 10.0 Å². The summed E-state index contributed by atoms with van der Waals surface area (Å²) in [7, 11) is 0.475. The van der Waals surface area contributed by atoms with Crippen molar-refractivity contribution < 1.29 is 22.4 Å². The third-order valence-electron chi connectivity index (χ3n) is 20.7. The predicted octanol–water partition coefficient (Wildman–Crippen LogP) is 27.3. The first kappa shape index (κ1) is 102. The summed E-state index contributed by atoms with van der Waals surface area (Å²) in [5.74, 6) is 7.12. The lowest BCUT2D eigenvalue weighted by Crippen LogP contribution is -2.24. The highest BCUT2D eigenvalue weighted by Crippen LogP contribution is 2.37. The predicted molar refractivity (Wildman–Crippen MR) is 536 cm³/mol. The molecule has 1 amide bonds. The molecule has 14 aromatic rings. The lowest BCUT2D eigenvalue weighted by molar-refractivity contribution is -0.114. The first-order valence-corrected chi connectivity index (χ1v) is 45.9. The number of aryl methyl sites for hydroxylation is 1. The zero-order chi connectivity index (χ0) is 94.7. The second-order valence-electron chi connectivity index (χ2n) is 33.4. The number of anilines is 2. The maximum Gasteiger partial charge on any atom is 0.240 e. The quantitative estimate of drug-likeness (QED) is 0.0367. The van der Waals surface area contributed by atoms with Gasteiger partial charge in [-0.2, -0.15) is 0 Å². The minimum Gasteiger partial charge on any atom is -0.377 e. The van der Waals surface area contributed by atoms with E-state index in [0.29, 0.717) is 58.6 Å². The highest BCUT2D eigenvalue weighted by Gasteiger charge is 2.20. The van der Waals surface area contributed by atoms with E-state index in [2.05, 4.69) is 206 Å². The van der Waals surface area contributed by atoms with Crippen molar-refractivity contribution in [3.63, 3.8) is 0 Å². The Hall–Kier alpha value is -13.4. The summed E-state index contributed by atoms with van der Waals surface area (Å²) in [6.07, 6.45) is 28.8. The number of pyridine rings is 9. The van der Waals surface area contributed by atoms with E-state index in [0.717, 1.165) is 153 Å². The Morgan fingerprint density at radius 2 is 0.785 bits per heavy atom. The van der Waals surface area contributed by atoms with E-state index in [-0.39, 0.29) is 23.1 Å². The fourth-order valence-corrected chi connectivity index (χ4v) is 15.5. The van der Waals surface area contributed by atoms with Crippen LogP contribution in [0.4, 0.5) is 15.8 Å². The molecule has 0 fully saturated rings. The second kappa shape index (κ2) is 50.4. The molecule has 0 aliphatic heterocycles. The first-order chi connectivity index (χ1) is 62.2. The van der Waals surface area contributed by atoms with Crippen molar-refractivity contribution in [2.24, 2.45) is 0 Å². The van der Waals surface area contributed by atoms with Crippen molar-refractivity contribution in [3.8, 4) is 103 Å². The lowest BCUT2D eigenvalue weighted by atomic mass is 9.95. The number of rotatable bonds is 22. The highest BCUT2D eigenvalue weighted by molar-refractivity contribution is 7.89.